The van der Waals surface area contributed by atoms with Crippen LogP contribution in [0.5, 0.6) is 0 Å². The summed E-state index contributed by atoms with van der Waals surface area (Å²) >= 11 is 7.49. The number of anilines is 2. The minimum Gasteiger partial charge on any atom is -0.378 e. The van der Waals surface area contributed by atoms with E-state index in [-0.39, 0.29) is 5.91 Å². The lowest BCUT2D eigenvalue weighted by molar-refractivity contribution is -0.150. The van der Waals surface area contributed by atoms with Gasteiger partial charge >= 0.3 is 0 Å². The van der Waals surface area contributed by atoms with Gasteiger partial charge in [0.2, 0.25) is 5.91 Å². The number of aromatic nitrogens is 1. The van der Waals surface area contributed by atoms with Gasteiger partial charge in [0.25, 0.3) is 0 Å². The summed E-state index contributed by atoms with van der Waals surface area (Å²) in [5.41, 5.74) is 2.04. The Morgan fingerprint density at radius 1 is 1.30 bits per heavy atom. The van der Waals surface area contributed by atoms with Gasteiger partial charge in [0.1, 0.15) is 0 Å². The lowest BCUT2D eigenvalue weighted by Gasteiger charge is -2.58. The Kier molecular flexibility index (Phi) is 6.78. The Bertz CT molecular complexity index is 864. The van der Waals surface area contributed by atoms with Gasteiger partial charge in [0.05, 0.1) is 17.5 Å². The van der Waals surface area contributed by atoms with Crippen molar-refractivity contribution >= 4 is 39.7 Å². The van der Waals surface area contributed by atoms with Gasteiger partial charge in [-0.2, -0.15) is 0 Å². The Balaban J connectivity index is 1.43. The third kappa shape index (κ3) is 4.28. The largest absolute Gasteiger partial charge is 0.378 e. The molecule has 1 aromatic carbocycles. The van der Waals surface area contributed by atoms with Crippen molar-refractivity contribution in [3.8, 4) is 0 Å². The van der Waals surface area contributed by atoms with Crippen molar-refractivity contribution in [3.63, 3.8) is 0 Å². The maximum Gasteiger partial charge on any atom is 0.230 e. The number of carbonyl (C=O) groups is 1. The van der Waals surface area contributed by atoms with E-state index in [9.17, 15) is 4.79 Å². The Morgan fingerprint density at radius 2 is 2.03 bits per heavy atom. The minimum absolute atomic E-state index is 0.0640. The number of carbonyl (C=O) groups excluding carboxylic acids is 1. The van der Waals surface area contributed by atoms with Crippen LogP contribution < -0.4 is 10.2 Å². The summed E-state index contributed by atoms with van der Waals surface area (Å²) in [6.07, 6.45) is 7.93. The van der Waals surface area contributed by atoms with Crippen molar-refractivity contribution in [2.75, 3.05) is 11.5 Å². The molecule has 1 amide bonds. The fourth-order valence-electron chi connectivity index (χ4n) is 5.07. The first-order chi connectivity index (χ1) is 14.5. The average molecular weight is 448 g/mol. The fourth-order valence-corrected chi connectivity index (χ4v) is 6.09. The predicted octanol–water partition coefficient (Wildman–Crippen LogP) is 5.70. The van der Waals surface area contributed by atoms with E-state index in [4.69, 9.17) is 21.3 Å². The second kappa shape index (κ2) is 9.35. The molecule has 1 N–H and O–H groups in total. The number of amides is 1. The maximum absolute atomic E-state index is 12.3. The standard InChI is InChI=1S/C23H30ClN3O2S/c1-3-29-21-13-20(23(21)11-5-4-6-12-23)25-14-18-15-30-22(26-18)27(16(2)28)19-9-7-17(24)8-10-19/h7-10,15,20-21,25H,3-6,11-14H2,1-2H3. The maximum atomic E-state index is 12.3. The lowest BCUT2D eigenvalue weighted by Crippen LogP contribution is -2.64. The minimum atomic E-state index is -0.0640. The fraction of sp³-hybridized carbons (Fsp3) is 0.565. The third-order valence-corrected chi connectivity index (χ3v) is 7.72. The van der Waals surface area contributed by atoms with E-state index in [1.807, 2.05) is 17.5 Å². The molecule has 0 saturated heterocycles. The van der Waals surface area contributed by atoms with E-state index in [2.05, 4.69) is 12.2 Å². The number of halogens is 1. The molecular weight excluding hydrogens is 418 g/mol. The highest BCUT2D eigenvalue weighted by atomic mass is 35.5. The molecule has 7 heteroatoms. The van der Waals surface area contributed by atoms with E-state index < -0.39 is 0 Å². The molecule has 2 aliphatic carbocycles. The number of hydrogen-bond acceptors (Lipinski definition) is 5. The van der Waals surface area contributed by atoms with Gasteiger partial charge in [-0.05, 0) is 50.5 Å². The van der Waals surface area contributed by atoms with Crippen molar-refractivity contribution in [1.29, 1.82) is 0 Å². The molecule has 2 aromatic rings. The Morgan fingerprint density at radius 3 is 2.70 bits per heavy atom. The zero-order chi connectivity index (χ0) is 21.1. The van der Waals surface area contributed by atoms with E-state index >= 15 is 0 Å². The first kappa shape index (κ1) is 21.8. The van der Waals surface area contributed by atoms with Crippen LogP contribution >= 0.6 is 22.9 Å². The van der Waals surface area contributed by atoms with Crippen LogP contribution in [0.2, 0.25) is 5.02 Å². The molecule has 4 rings (SSSR count). The molecule has 1 heterocycles. The summed E-state index contributed by atoms with van der Waals surface area (Å²) in [6.45, 7) is 5.16. The van der Waals surface area contributed by atoms with Crippen LogP contribution in [0.4, 0.5) is 10.8 Å². The SMILES string of the molecule is CCOC1CC(NCc2csc(N(C(C)=O)c3ccc(Cl)cc3)n2)C12CCCCC2. The molecule has 30 heavy (non-hydrogen) atoms. The topological polar surface area (TPSA) is 54.5 Å². The molecule has 1 spiro atoms. The molecule has 1 aromatic heterocycles. The summed E-state index contributed by atoms with van der Waals surface area (Å²) in [5.74, 6) is -0.0640. The van der Waals surface area contributed by atoms with Crippen molar-refractivity contribution in [3.05, 3.63) is 40.4 Å². The van der Waals surface area contributed by atoms with Gasteiger partial charge in [-0.1, -0.05) is 30.9 Å². The van der Waals surface area contributed by atoms with Crippen molar-refractivity contribution < 1.29 is 9.53 Å². The first-order valence-electron chi connectivity index (χ1n) is 10.9. The molecule has 2 fully saturated rings. The van der Waals surface area contributed by atoms with Gasteiger partial charge in [0, 0.05) is 41.9 Å². The van der Waals surface area contributed by atoms with Crippen LogP contribution in [0.25, 0.3) is 0 Å². The molecule has 162 valence electrons. The van der Waals surface area contributed by atoms with E-state index in [1.54, 1.807) is 24.0 Å². The number of rotatable bonds is 7. The van der Waals surface area contributed by atoms with Gasteiger partial charge < -0.3 is 10.1 Å². The van der Waals surface area contributed by atoms with Crippen molar-refractivity contribution in [1.82, 2.24) is 10.3 Å². The monoisotopic (exact) mass is 447 g/mol. The molecule has 0 radical (unpaired) electrons. The summed E-state index contributed by atoms with van der Waals surface area (Å²) in [5, 5.41) is 7.14. The van der Waals surface area contributed by atoms with E-state index in [0.717, 1.165) is 24.4 Å². The highest BCUT2D eigenvalue weighted by Crippen LogP contribution is 2.53. The van der Waals surface area contributed by atoms with Gasteiger partial charge in [-0.15, -0.1) is 11.3 Å². The third-order valence-electron chi connectivity index (χ3n) is 6.60. The molecule has 2 aliphatic rings. The number of thiazole rings is 1. The van der Waals surface area contributed by atoms with Crippen LogP contribution in [0.3, 0.4) is 0 Å². The van der Waals surface area contributed by atoms with Crippen LogP contribution in [0, 0.1) is 5.41 Å². The second-order valence-corrected chi connectivity index (χ2v) is 9.63. The lowest BCUT2D eigenvalue weighted by atomic mass is 9.55. The molecule has 2 atom stereocenters. The van der Waals surface area contributed by atoms with Crippen molar-refractivity contribution in [2.24, 2.45) is 5.41 Å². The van der Waals surface area contributed by atoms with Crippen LogP contribution in [0.15, 0.2) is 29.6 Å². The number of nitrogens with one attached hydrogen (secondary N) is 1. The zero-order valence-corrected chi connectivity index (χ0v) is 19.3. The predicted molar refractivity (Wildman–Crippen MR) is 123 cm³/mol. The van der Waals surface area contributed by atoms with Crippen LogP contribution in [-0.2, 0) is 16.1 Å². The van der Waals surface area contributed by atoms with Crippen molar-refractivity contribution in [2.45, 2.75) is 71.1 Å². The number of ether oxygens (including phenoxy) is 1. The quantitative estimate of drug-likeness (QED) is 0.591. The molecule has 0 bridgehead atoms. The number of nitrogens with zero attached hydrogens (tertiary/aromatic N) is 2. The summed E-state index contributed by atoms with van der Waals surface area (Å²) in [7, 11) is 0. The first-order valence-corrected chi connectivity index (χ1v) is 12.1. The normalized spacial score (nSPS) is 22.6. The van der Waals surface area contributed by atoms with Gasteiger partial charge in [-0.25, -0.2) is 4.98 Å². The highest BCUT2D eigenvalue weighted by molar-refractivity contribution is 7.14. The van der Waals surface area contributed by atoms with E-state index in [0.29, 0.717) is 34.3 Å². The molecule has 0 aliphatic heterocycles. The van der Waals surface area contributed by atoms with Crippen LogP contribution in [0.1, 0.15) is 58.1 Å². The number of benzene rings is 1. The molecular formula is C23H30ClN3O2S. The molecule has 5 nitrogen and oxygen atoms in total. The summed E-state index contributed by atoms with van der Waals surface area (Å²) < 4.78 is 6.07. The second-order valence-electron chi connectivity index (χ2n) is 8.36. The Labute approximate surface area is 187 Å². The average Bonchev–Trinajstić information content (AvgIpc) is 3.20. The zero-order valence-electron chi connectivity index (χ0n) is 17.7. The van der Waals surface area contributed by atoms with Gasteiger partial charge in [-0.3, -0.25) is 9.69 Å². The highest BCUT2D eigenvalue weighted by Gasteiger charge is 2.55. The molecule has 2 saturated carbocycles. The number of hydrogen-bond donors (Lipinski definition) is 1. The summed E-state index contributed by atoms with van der Waals surface area (Å²) in [4.78, 5) is 18.7. The summed E-state index contributed by atoms with van der Waals surface area (Å²) in [6, 6.07) is 7.76. The smallest absolute Gasteiger partial charge is 0.230 e. The van der Waals surface area contributed by atoms with Crippen LogP contribution in [-0.4, -0.2) is 29.6 Å². The van der Waals surface area contributed by atoms with Gasteiger partial charge in [0.15, 0.2) is 5.13 Å². The van der Waals surface area contributed by atoms with E-state index in [1.165, 1.54) is 43.4 Å². The Hall–Kier alpha value is -1.47. The molecule has 2 unspecified atom stereocenters.